The van der Waals surface area contributed by atoms with Crippen LogP contribution in [0.1, 0.15) is 11.1 Å². The maximum Gasteiger partial charge on any atom is 0.128 e. The van der Waals surface area contributed by atoms with Crippen molar-refractivity contribution in [2.24, 2.45) is 0 Å². The Labute approximate surface area is 123 Å². The maximum atomic E-state index is 13.1. The van der Waals surface area contributed by atoms with Crippen molar-refractivity contribution < 1.29 is 9.13 Å². The van der Waals surface area contributed by atoms with E-state index in [-0.39, 0.29) is 11.9 Å². The Morgan fingerprint density at radius 2 is 1.67 bits per heavy atom. The van der Waals surface area contributed by atoms with E-state index in [1.54, 1.807) is 0 Å². The summed E-state index contributed by atoms with van der Waals surface area (Å²) in [5.74, 6) is 0.683. The molecular formula is C17H17FN2O. The van der Waals surface area contributed by atoms with Crippen molar-refractivity contribution in [3.63, 3.8) is 0 Å². The minimum Gasteiger partial charge on any atom is -0.487 e. The van der Waals surface area contributed by atoms with Gasteiger partial charge in [-0.3, -0.25) is 0 Å². The van der Waals surface area contributed by atoms with E-state index in [1.165, 1.54) is 23.3 Å². The van der Waals surface area contributed by atoms with Crippen molar-refractivity contribution in [2.45, 2.75) is 19.2 Å². The number of halogens is 1. The Kier molecular flexibility index (Phi) is 3.13. The molecule has 0 aliphatic carbocycles. The summed E-state index contributed by atoms with van der Waals surface area (Å²) in [7, 11) is 0. The minimum absolute atomic E-state index is 0.216. The molecular weight excluding hydrogens is 267 g/mol. The van der Waals surface area contributed by atoms with E-state index in [0.717, 1.165) is 43.1 Å². The van der Waals surface area contributed by atoms with E-state index in [9.17, 15) is 4.39 Å². The van der Waals surface area contributed by atoms with E-state index in [2.05, 4.69) is 22.8 Å². The molecule has 2 heterocycles. The molecule has 0 amide bonds. The first-order valence-corrected chi connectivity index (χ1v) is 7.29. The number of hydrogen-bond acceptors (Lipinski definition) is 3. The molecule has 0 spiro atoms. The Hall–Kier alpha value is -1.91. The first-order chi connectivity index (χ1) is 10.3. The predicted molar refractivity (Wildman–Crippen MR) is 79.7 cm³/mol. The first kappa shape index (κ1) is 12.8. The van der Waals surface area contributed by atoms with Crippen LogP contribution in [0.25, 0.3) is 11.1 Å². The van der Waals surface area contributed by atoms with Gasteiger partial charge < -0.3 is 15.4 Å². The number of ether oxygens (including phenoxy) is 1. The van der Waals surface area contributed by atoms with Crippen LogP contribution < -0.4 is 15.4 Å². The fraction of sp³-hybridized carbons (Fsp3) is 0.294. The number of nitrogens with one attached hydrogen (secondary N) is 2. The number of rotatable bonds is 3. The van der Waals surface area contributed by atoms with Gasteiger partial charge in [0.05, 0.1) is 0 Å². The van der Waals surface area contributed by atoms with E-state index in [1.807, 2.05) is 12.1 Å². The molecule has 0 atom stereocenters. The highest BCUT2D eigenvalue weighted by Crippen LogP contribution is 2.35. The quantitative estimate of drug-likeness (QED) is 0.908. The van der Waals surface area contributed by atoms with Crippen molar-refractivity contribution >= 4 is 0 Å². The second-order valence-corrected chi connectivity index (χ2v) is 5.63. The Bertz CT molecular complexity index is 665. The van der Waals surface area contributed by atoms with Crippen LogP contribution in [0.4, 0.5) is 4.39 Å². The van der Waals surface area contributed by atoms with Crippen LogP contribution >= 0.6 is 0 Å². The van der Waals surface area contributed by atoms with Gasteiger partial charge in [0.1, 0.15) is 17.7 Å². The van der Waals surface area contributed by atoms with Crippen molar-refractivity contribution in [3.05, 3.63) is 53.3 Å². The molecule has 21 heavy (non-hydrogen) atoms. The van der Waals surface area contributed by atoms with E-state index < -0.39 is 0 Å². The van der Waals surface area contributed by atoms with Crippen molar-refractivity contribution in [1.29, 1.82) is 0 Å². The molecule has 4 rings (SSSR count). The molecule has 3 nitrogen and oxygen atoms in total. The van der Waals surface area contributed by atoms with Crippen LogP contribution in [-0.4, -0.2) is 19.2 Å². The molecule has 108 valence electrons. The van der Waals surface area contributed by atoms with E-state index in [0.29, 0.717) is 0 Å². The molecule has 0 bridgehead atoms. The second kappa shape index (κ2) is 5.13. The molecule has 1 saturated heterocycles. The average molecular weight is 284 g/mol. The van der Waals surface area contributed by atoms with Crippen LogP contribution in [0.2, 0.25) is 0 Å². The third kappa shape index (κ3) is 2.41. The third-order valence-corrected chi connectivity index (χ3v) is 4.13. The third-order valence-electron chi connectivity index (χ3n) is 4.13. The fourth-order valence-corrected chi connectivity index (χ4v) is 2.81. The molecule has 0 radical (unpaired) electrons. The van der Waals surface area contributed by atoms with Gasteiger partial charge in [0.15, 0.2) is 0 Å². The summed E-state index contributed by atoms with van der Waals surface area (Å²) in [5.41, 5.74) is 4.63. The Balaban J connectivity index is 1.77. The molecule has 1 fully saturated rings. The summed E-state index contributed by atoms with van der Waals surface area (Å²) >= 11 is 0. The zero-order valence-corrected chi connectivity index (χ0v) is 11.7. The number of hydrogen-bond donors (Lipinski definition) is 2. The summed E-state index contributed by atoms with van der Waals surface area (Å²) in [6.45, 7) is 3.55. The largest absolute Gasteiger partial charge is 0.487 e. The molecule has 2 aromatic carbocycles. The topological polar surface area (TPSA) is 33.3 Å². The summed E-state index contributed by atoms with van der Waals surface area (Å²) in [4.78, 5) is 0. The highest BCUT2D eigenvalue weighted by atomic mass is 19.1. The lowest BCUT2D eigenvalue weighted by Crippen LogP contribution is -2.50. The predicted octanol–water partition coefficient (Wildman–Crippen LogP) is 2.45. The summed E-state index contributed by atoms with van der Waals surface area (Å²) in [6, 6.07) is 10.9. The van der Waals surface area contributed by atoms with Crippen LogP contribution in [0, 0.1) is 5.82 Å². The van der Waals surface area contributed by atoms with Crippen molar-refractivity contribution in [3.8, 4) is 16.9 Å². The molecule has 2 aliphatic rings. The number of fused-ring (bicyclic) bond motifs is 1. The zero-order chi connectivity index (χ0) is 14.2. The normalized spacial score (nSPS) is 17.4. The molecule has 2 N–H and O–H groups in total. The molecule has 0 unspecified atom stereocenters. The van der Waals surface area contributed by atoms with Gasteiger partial charge in [-0.25, -0.2) is 4.39 Å². The van der Waals surface area contributed by atoms with Gasteiger partial charge in [-0.15, -0.1) is 0 Å². The van der Waals surface area contributed by atoms with Crippen molar-refractivity contribution in [2.75, 3.05) is 13.1 Å². The van der Waals surface area contributed by atoms with Crippen LogP contribution in [0.5, 0.6) is 5.75 Å². The van der Waals surface area contributed by atoms with Gasteiger partial charge in [0.25, 0.3) is 0 Å². The summed E-state index contributed by atoms with van der Waals surface area (Å²) < 4.78 is 19.3. The highest BCUT2D eigenvalue weighted by molar-refractivity contribution is 5.72. The maximum absolute atomic E-state index is 13.1. The van der Waals surface area contributed by atoms with Gasteiger partial charge in [0.2, 0.25) is 0 Å². The van der Waals surface area contributed by atoms with Gasteiger partial charge in [0, 0.05) is 31.7 Å². The molecule has 0 aromatic heterocycles. The lowest BCUT2D eigenvalue weighted by atomic mass is 9.99. The van der Waals surface area contributed by atoms with Gasteiger partial charge in [-0.05, 0) is 41.0 Å². The Morgan fingerprint density at radius 1 is 0.952 bits per heavy atom. The Morgan fingerprint density at radius 3 is 2.33 bits per heavy atom. The lowest BCUT2D eigenvalue weighted by Gasteiger charge is -2.29. The van der Waals surface area contributed by atoms with Crippen LogP contribution in [-0.2, 0) is 13.1 Å². The van der Waals surface area contributed by atoms with Crippen LogP contribution in [0.15, 0.2) is 36.4 Å². The first-order valence-electron chi connectivity index (χ1n) is 7.29. The van der Waals surface area contributed by atoms with E-state index in [4.69, 9.17) is 4.74 Å². The standard InChI is InChI=1S/C17H17FN2O/c18-14-3-1-11(2-4-14)16-5-12-7-19-8-13(12)6-17(16)21-15-9-20-10-15/h1-6,15,19-20H,7-10H2. The van der Waals surface area contributed by atoms with E-state index >= 15 is 0 Å². The number of benzene rings is 2. The molecule has 0 saturated carbocycles. The lowest BCUT2D eigenvalue weighted by molar-refractivity contribution is 0.143. The zero-order valence-electron chi connectivity index (χ0n) is 11.7. The summed E-state index contributed by atoms with van der Waals surface area (Å²) in [6.07, 6.45) is 0.233. The smallest absolute Gasteiger partial charge is 0.128 e. The SMILES string of the molecule is Fc1ccc(-c2cc3c(cc2OC2CNC2)CNC3)cc1. The van der Waals surface area contributed by atoms with Crippen molar-refractivity contribution in [1.82, 2.24) is 10.6 Å². The monoisotopic (exact) mass is 284 g/mol. The van der Waals surface area contributed by atoms with Crippen LogP contribution in [0.3, 0.4) is 0 Å². The molecule has 2 aliphatic heterocycles. The second-order valence-electron chi connectivity index (χ2n) is 5.63. The molecule has 2 aromatic rings. The minimum atomic E-state index is -0.216. The van der Waals surface area contributed by atoms with Gasteiger partial charge in [-0.2, -0.15) is 0 Å². The highest BCUT2D eigenvalue weighted by Gasteiger charge is 2.22. The average Bonchev–Trinajstić information content (AvgIpc) is 2.90. The molecule has 4 heteroatoms. The van der Waals surface area contributed by atoms with Gasteiger partial charge in [-0.1, -0.05) is 12.1 Å². The van der Waals surface area contributed by atoms with Gasteiger partial charge >= 0.3 is 0 Å². The fourth-order valence-electron chi connectivity index (χ4n) is 2.81. The summed E-state index contributed by atoms with van der Waals surface area (Å²) in [5, 5.41) is 6.57.